The summed E-state index contributed by atoms with van der Waals surface area (Å²) < 4.78 is 13.2. The fourth-order valence-corrected chi connectivity index (χ4v) is 4.96. The van der Waals surface area contributed by atoms with Crippen molar-refractivity contribution in [2.24, 2.45) is 16.8 Å². The topological polar surface area (TPSA) is 91.0 Å². The van der Waals surface area contributed by atoms with E-state index < -0.39 is 11.9 Å². The number of carbonyl (C=O) groups is 2. The van der Waals surface area contributed by atoms with Crippen molar-refractivity contribution in [1.29, 1.82) is 0 Å². The van der Waals surface area contributed by atoms with Crippen molar-refractivity contribution in [2.75, 3.05) is 24.6 Å². The smallest absolute Gasteiger partial charge is 0.267 e. The van der Waals surface area contributed by atoms with Crippen LogP contribution in [0.15, 0.2) is 29.4 Å². The molecule has 0 spiro atoms. The standard InChI is InChI=1S/C23H32FN5O2/c24-17-6-8-19(9-7-17)29-21(22(25)30)14-20(27-29)23(31)26-18-10-12-28(13-11-18)15-16-4-2-1-3-5-16/h6-9,16,18,21H,1-5,10-15H2,(H2,25,30)(H,26,31). The van der Waals surface area contributed by atoms with E-state index in [-0.39, 0.29) is 29.9 Å². The van der Waals surface area contributed by atoms with E-state index >= 15 is 0 Å². The predicted octanol–water partition coefficient (Wildman–Crippen LogP) is 2.41. The van der Waals surface area contributed by atoms with Crippen LogP contribution in [0.4, 0.5) is 10.1 Å². The molecular weight excluding hydrogens is 397 g/mol. The first-order valence-electron chi connectivity index (χ1n) is 11.4. The van der Waals surface area contributed by atoms with E-state index in [1.165, 1.54) is 67.9 Å². The number of anilines is 1. The molecule has 1 aliphatic carbocycles. The molecule has 1 saturated carbocycles. The van der Waals surface area contributed by atoms with Gasteiger partial charge in [0.25, 0.3) is 5.91 Å². The van der Waals surface area contributed by atoms with Gasteiger partial charge >= 0.3 is 0 Å². The second kappa shape index (κ2) is 9.77. The van der Waals surface area contributed by atoms with Crippen LogP contribution in [-0.2, 0) is 9.59 Å². The number of hydrogen-bond donors (Lipinski definition) is 2. The second-order valence-electron chi connectivity index (χ2n) is 9.04. The zero-order valence-electron chi connectivity index (χ0n) is 17.9. The van der Waals surface area contributed by atoms with Gasteiger partial charge in [0.1, 0.15) is 17.6 Å². The average molecular weight is 430 g/mol. The number of hydrazone groups is 1. The van der Waals surface area contributed by atoms with Gasteiger partial charge in [-0.05, 0) is 55.9 Å². The number of primary amides is 1. The summed E-state index contributed by atoms with van der Waals surface area (Å²) in [5.74, 6) is -0.361. The van der Waals surface area contributed by atoms with Gasteiger partial charge in [-0.3, -0.25) is 14.6 Å². The summed E-state index contributed by atoms with van der Waals surface area (Å²) in [7, 11) is 0. The van der Waals surface area contributed by atoms with Gasteiger partial charge in [0.15, 0.2) is 0 Å². The predicted molar refractivity (Wildman–Crippen MR) is 118 cm³/mol. The molecule has 1 saturated heterocycles. The zero-order valence-corrected chi connectivity index (χ0v) is 17.9. The van der Waals surface area contributed by atoms with Gasteiger partial charge in [-0.15, -0.1) is 0 Å². The van der Waals surface area contributed by atoms with E-state index in [0.29, 0.717) is 5.69 Å². The summed E-state index contributed by atoms with van der Waals surface area (Å²) in [4.78, 5) is 27.3. The average Bonchev–Trinajstić information content (AvgIpc) is 3.22. The largest absolute Gasteiger partial charge is 0.368 e. The van der Waals surface area contributed by atoms with Crippen molar-refractivity contribution >= 4 is 23.2 Å². The van der Waals surface area contributed by atoms with Crippen LogP contribution in [0, 0.1) is 11.7 Å². The van der Waals surface area contributed by atoms with Gasteiger partial charge < -0.3 is 16.0 Å². The molecule has 1 unspecified atom stereocenters. The Balaban J connectivity index is 1.31. The molecule has 1 aromatic carbocycles. The van der Waals surface area contributed by atoms with E-state index in [0.717, 1.165) is 31.8 Å². The van der Waals surface area contributed by atoms with Gasteiger partial charge in [-0.2, -0.15) is 5.10 Å². The van der Waals surface area contributed by atoms with Gasteiger partial charge in [0, 0.05) is 32.1 Å². The molecule has 8 heteroatoms. The summed E-state index contributed by atoms with van der Waals surface area (Å²) in [6.45, 7) is 3.18. The Hall–Kier alpha value is -2.48. The highest BCUT2D eigenvalue weighted by Gasteiger charge is 2.36. The summed E-state index contributed by atoms with van der Waals surface area (Å²) >= 11 is 0. The fourth-order valence-electron chi connectivity index (χ4n) is 4.96. The SMILES string of the molecule is NC(=O)C1CC(C(=O)NC2CCN(CC3CCCCC3)CC2)=NN1c1ccc(F)cc1. The lowest BCUT2D eigenvalue weighted by molar-refractivity contribution is -0.119. The molecule has 3 N–H and O–H groups in total. The summed E-state index contributed by atoms with van der Waals surface area (Å²) in [6.07, 6.45) is 8.80. The Labute approximate surface area is 182 Å². The number of amides is 2. The summed E-state index contributed by atoms with van der Waals surface area (Å²) in [5, 5.41) is 8.86. The van der Waals surface area contributed by atoms with Crippen molar-refractivity contribution < 1.29 is 14.0 Å². The molecule has 3 aliphatic rings. The van der Waals surface area contributed by atoms with Crippen LogP contribution in [0.1, 0.15) is 51.4 Å². The molecule has 7 nitrogen and oxygen atoms in total. The first-order chi connectivity index (χ1) is 15.0. The molecule has 168 valence electrons. The van der Waals surface area contributed by atoms with Crippen molar-refractivity contribution in [3.05, 3.63) is 30.1 Å². The lowest BCUT2D eigenvalue weighted by atomic mass is 9.88. The van der Waals surface area contributed by atoms with E-state index in [1.54, 1.807) is 0 Å². The Morgan fingerprint density at radius 3 is 2.39 bits per heavy atom. The van der Waals surface area contributed by atoms with Gasteiger partial charge in [-0.1, -0.05) is 19.3 Å². The molecule has 2 fully saturated rings. The monoisotopic (exact) mass is 429 g/mol. The van der Waals surface area contributed by atoms with E-state index in [2.05, 4.69) is 15.3 Å². The molecule has 0 radical (unpaired) electrons. The van der Waals surface area contributed by atoms with Crippen LogP contribution >= 0.6 is 0 Å². The first kappa shape index (κ1) is 21.7. The number of halogens is 1. The molecule has 1 atom stereocenters. The molecule has 2 amide bonds. The van der Waals surface area contributed by atoms with E-state index in [4.69, 9.17) is 5.73 Å². The van der Waals surface area contributed by atoms with Gasteiger partial charge in [0.05, 0.1) is 5.69 Å². The van der Waals surface area contributed by atoms with Crippen molar-refractivity contribution in [2.45, 2.75) is 63.5 Å². The van der Waals surface area contributed by atoms with Crippen molar-refractivity contribution in [3.63, 3.8) is 0 Å². The normalized spacial score (nSPS) is 23.6. The first-order valence-corrected chi connectivity index (χ1v) is 11.4. The number of hydrogen-bond acceptors (Lipinski definition) is 5. The Kier molecular flexibility index (Phi) is 6.85. The van der Waals surface area contributed by atoms with Crippen LogP contribution in [0.5, 0.6) is 0 Å². The maximum Gasteiger partial charge on any atom is 0.267 e. The number of benzene rings is 1. The number of nitrogens with one attached hydrogen (secondary N) is 1. The Bertz CT molecular complexity index is 814. The lowest BCUT2D eigenvalue weighted by Crippen LogP contribution is -2.47. The number of carbonyl (C=O) groups excluding carboxylic acids is 2. The van der Waals surface area contributed by atoms with Gasteiger partial charge in [-0.25, -0.2) is 4.39 Å². The fraction of sp³-hybridized carbons (Fsp3) is 0.609. The van der Waals surface area contributed by atoms with Crippen LogP contribution in [0.25, 0.3) is 0 Å². The van der Waals surface area contributed by atoms with E-state index in [9.17, 15) is 14.0 Å². The van der Waals surface area contributed by atoms with Crippen molar-refractivity contribution in [3.8, 4) is 0 Å². The molecule has 0 aromatic heterocycles. The Morgan fingerprint density at radius 2 is 1.74 bits per heavy atom. The third kappa shape index (κ3) is 5.42. The van der Waals surface area contributed by atoms with Crippen LogP contribution in [0.2, 0.25) is 0 Å². The van der Waals surface area contributed by atoms with Gasteiger partial charge in [0.2, 0.25) is 5.91 Å². The molecule has 2 aliphatic heterocycles. The highest BCUT2D eigenvalue weighted by atomic mass is 19.1. The zero-order chi connectivity index (χ0) is 21.8. The van der Waals surface area contributed by atoms with Crippen LogP contribution in [0.3, 0.4) is 0 Å². The second-order valence-corrected chi connectivity index (χ2v) is 9.04. The maximum absolute atomic E-state index is 13.2. The number of nitrogens with zero attached hydrogens (tertiary/aromatic N) is 3. The quantitative estimate of drug-likeness (QED) is 0.727. The molecule has 0 bridgehead atoms. The Morgan fingerprint density at radius 1 is 1.06 bits per heavy atom. The minimum atomic E-state index is -0.747. The number of nitrogens with two attached hydrogens (primary N) is 1. The minimum absolute atomic E-state index is 0.115. The van der Waals surface area contributed by atoms with E-state index in [1.807, 2.05) is 0 Å². The van der Waals surface area contributed by atoms with Crippen LogP contribution < -0.4 is 16.1 Å². The lowest BCUT2D eigenvalue weighted by Gasteiger charge is -2.35. The number of piperidine rings is 1. The third-order valence-electron chi connectivity index (χ3n) is 6.76. The summed E-state index contributed by atoms with van der Waals surface area (Å²) in [5.41, 5.74) is 6.35. The van der Waals surface area contributed by atoms with Crippen molar-refractivity contribution in [1.82, 2.24) is 10.2 Å². The highest BCUT2D eigenvalue weighted by molar-refractivity contribution is 6.40. The molecule has 4 rings (SSSR count). The third-order valence-corrected chi connectivity index (χ3v) is 6.76. The summed E-state index contributed by atoms with van der Waals surface area (Å²) in [6, 6.07) is 5.01. The number of rotatable bonds is 6. The van der Waals surface area contributed by atoms with Crippen LogP contribution in [-0.4, -0.2) is 54.1 Å². The molecule has 1 aromatic rings. The molecule has 31 heavy (non-hydrogen) atoms. The highest BCUT2D eigenvalue weighted by Crippen LogP contribution is 2.27. The molecule has 2 heterocycles. The maximum atomic E-state index is 13.2. The minimum Gasteiger partial charge on any atom is -0.368 e. The number of likely N-dealkylation sites (tertiary alicyclic amines) is 1. The molecular formula is C23H32FN5O2.